The Morgan fingerprint density at radius 2 is 1.71 bits per heavy atom. The first kappa shape index (κ1) is 22.0. The summed E-state index contributed by atoms with van der Waals surface area (Å²) in [5, 5.41) is 2.64. The minimum absolute atomic E-state index is 0.429. The molecular formula is C23H25N3O5. The number of benzene rings is 2. The molecule has 8 nitrogen and oxygen atoms in total. The maximum atomic E-state index is 12.9. The number of anilines is 1. The lowest BCUT2D eigenvalue weighted by Crippen LogP contribution is -2.43. The lowest BCUT2D eigenvalue weighted by molar-refractivity contribution is -0.155. The molecule has 1 N–H and O–H groups in total. The Hall–Kier alpha value is -3.68. The first-order valence-corrected chi connectivity index (χ1v) is 9.87. The van der Waals surface area contributed by atoms with Gasteiger partial charge in [0.05, 0.1) is 0 Å². The molecule has 2 atom stereocenters. The number of carbonyl (C=O) groups excluding carboxylic acids is 4. The molecular weight excluding hydrogens is 398 g/mol. The van der Waals surface area contributed by atoms with Crippen LogP contribution in [0.2, 0.25) is 0 Å². The lowest BCUT2D eigenvalue weighted by atomic mass is 9.91. The van der Waals surface area contributed by atoms with Crippen LogP contribution in [0.15, 0.2) is 54.6 Å². The number of para-hydroxylation sites is 1. The second-order valence-electron chi connectivity index (χ2n) is 7.68. The van der Waals surface area contributed by atoms with Gasteiger partial charge in [-0.1, -0.05) is 48.0 Å². The number of likely N-dealkylation sites (N-methyl/N-ethyl adjacent to an activating group) is 1. The molecule has 0 spiro atoms. The highest BCUT2D eigenvalue weighted by atomic mass is 16.5. The number of amides is 4. The highest BCUT2D eigenvalue weighted by Gasteiger charge is 2.49. The molecule has 0 aliphatic carbocycles. The molecule has 1 fully saturated rings. The average molecular weight is 423 g/mol. The maximum absolute atomic E-state index is 12.9. The Morgan fingerprint density at radius 3 is 2.32 bits per heavy atom. The summed E-state index contributed by atoms with van der Waals surface area (Å²) in [6.07, 6.45) is -1.08. The van der Waals surface area contributed by atoms with Crippen LogP contribution in [-0.4, -0.2) is 48.4 Å². The molecule has 0 unspecified atom stereocenters. The molecule has 31 heavy (non-hydrogen) atoms. The number of nitrogens with one attached hydrogen (secondary N) is 1. The van der Waals surface area contributed by atoms with Crippen LogP contribution in [0.4, 0.5) is 10.5 Å². The summed E-state index contributed by atoms with van der Waals surface area (Å²) < 4.78 is 5.20. The zero-order valence-electron chi connectivity index (χ0n) is 17.9. The zero-order chi connectivity index (χ0) is 22.8. The number of aryl methyl sites for hydroxylation is 1. The van der Waals surface area contributed by atoms with E-state index in [4.69, 9.17) is 4.74 Å². The summed E-state index contributed by atoms with van der Waals surface area (Å²) in [5.74, 6) is -1.83. The van der Waals surface area contributed by atoms with E-state index in [0.717, 1.165) is 10.5 Å². The highest BCUT2D eigenvalue weighted by molar-refractivity contribution is 6.09. The Labute approximate surface area is 180 Å². The van der Waals surface area contributed by atoms with Crippen LogP contribution in [0.5, 0.6) is 0 Å². The molecule has 1 aliphatic heterocycles. The molecule has 0 bridgehead atoms. The molecule has 1 saturated heterocycles. The average Bonchev–Trinajstić information content (AvgIpc) is 2.97. The van der Waals surface area contributed by atoms with E-state index < -0.39 is 42.0 Å². The topological polar surface area (TPSA) is 96.0 Å². The Bertz CT molecular complexity index is 1010. The van der Waals surface area contributed by atoms with E-state index >= 15 is 0 Å². The van der Waals surface area contributed by atoms with Gasteiger partial charge in [0.15, 0.2) is 6.10 Å². The molecule has 0 radical (unpaired) electrons. The minimum Gasteiger partial charge on any atom is -0.451 e. The minimum atomic E-state index is -1.28. The van der Waals surface area contributed by atoms with Gasteiger partial charge in [-0.15, -0.1) is 0 Å². The lowest BCUT2D eigenvalue weighted by Gasteiger charge is -2.23. The molecule has 0 aromatic heterocycles. The van der Waals surface area contributed by atoms with Crippen molar-refractivity contribution in [1.29, 1.82) is 0 Å². The van der Waals surface area contributed by atoms with Crippen LogP contribution in [-0.2, 0) is 24.7 Å². The molecule has 0 saturated carbocycles. The van der Waals surface area contributed by atoms with E-state index in [2.05, 4.69) is 5.32 Å². The molecule has 2 aromatic rings. The normalized spacial score (nSPS) is 19.0. The summed E-state index contributed by atoms with van der Waals surface area (Å²) >= 11 is 0. The van der Waals surface area contributed by atoms with E-state index in [1.54, 1.807) is 50.4 Å². The van der Waals surface area contributed by atoms with E-state index in [9.17, 15) is 19.2 Å². The van der Waals surface area contributed by atoms with Crippen molar-refractivity contribution in [2.24, 2.45) is 0 Å². The SMILES string of the molecule is Cc1ccc([C@@]2(C)NC(=O)N(CC(=O)O[C@H](C)C(=O)N(C)c3ccccc3)C2=O)cc1. The second-order valence-corrected chi connectivity index (χ2v) is 7.68. The number of ether oxygens (including phenoxy) is 1. The number of nitrogens with zero attached hydrogens (tertiary/aromatic N) is 2. The summed E-state index contributed by atoms with van der Waals surface area (Å²) in [7, 11) is 1.58. The molecule has 3 rings (SSSR count). The zero-order valence-corrected chi connectivity index (χ0v) is 17.9. The van der Waals surface area contributed by atoms with Gasteiger partial charge in [-0.2, -0.15) is 0 Å². The Balaban J connectivity index is 1.64. The Morgan fingerprint density at radius 1 is 1.10 bits per heavy atom. The van der Waals surface area contributed by atoms with Crippen molar-refractivity contribution in [2.75, 3.05) is 18.5 Å². The van der Waals surface area contributed by atoms with E-state index in [1.165, 1.54) is 11.8 Å². The van der Waals surface area contributed by atoms with Gasteiger partial charge >= 0.3 is 12.0 Å². The van der Waals surface area contributed by atoms with E-state index in [0.29, 0.717) is 11.3 Å². The van der Waals surface area contributed by atoms with Crippen molar-refractivity contribution in [2.45, 2.75) is 32.4 Å². The molecule has 162 valence electrons. The van der Waals surface area contributed by atoms with Gasteiger partial charge in [-0.05, 0) is 38.5 Å². The fraction of sp³-hybridized carbons (Fsp3) is 0.304. The van der Waals surface area contributed by atoms with Crippen molar-refractivity contribution in [1.82, 2.24) is 10.2 Å². The van der Waals surface area contributed by atoms with Crippen LogP contribution >= 0.6 is 0 Å². The van der Waals surface area contributed by atoms with Crippen molar-refractivity contribution < 1.29 is 23.9 Å². The number of rotatable bonds is 6. The number of carbonyl (C=O) groups is 4. The summed E-state index contributed by atoms with van der Waals surface area (Å²) in [5.41, 5.74) is 1.00. The summed E-state index contributed by atoms with van der Waals surface area (Å²) in [6, 6.07) is 15.4. The van der Waals surface area contributed by atoms with Crippen LogP contribution in [0.3, 0.4) is 0 Å². The molecule has 2 aromatic carbocycles. The third-order valence-electron chi connectivity index (χ3n) is 5.32. The third kappa shape index (κ3) is 4.42. The van der Waals surface area contributed by atoms with Crippen LogP contribution in [0.25, 0.3) is 0 Å². The van der Waals surface area contributed by atoms with Gasteiger partial charge in [0.25, 0.3) is 11.8 Å². The van der Waals surface area contributed by atoms with Gasteiger partial charge in [0.1, 0.15) is 12.1 Å². The van der Waals surface area contributed by atoms with Gasteiger partial charge < -0.3 is 15.0 Å². The van der Waals surface area contributed by atoms with Crippen LogP contribution in [0, 0.1) is 6.92 Å². The molecule has 1 aliphatic rings. The van der Waals surface area contributed by atoms with Gasteiger partial charge in [0.2, 0.25) is 0 Å². The predicted molar refractivity (Wildman–Crippen MR) is 114 cm³/mol. The number of hydrogen-bond acceptors (Lipinski definition) is 5. The molecule has 4 amide bonds. The number of hydrogen-bond donors (Lipinski definition) is 1. The largest absolute Gasteiger partial charge is 0.451 e. The fourth-order valence-electron chi connectivity index (χ4n) is 3.39. The number of imide groups is 1. The van der Waals surface area contributed by atoms with Crippen molar-refractivity contribution in [3.63, 3.8) is 0 Å². The quantitative estimate of drug-likeness (QED) is 0.568. The standard InChI is InChI=1S/C23H25N3O5/c1-15-10-12-17(13-11-15)23(3)21(29)26(22(30)24-23)14-19(27)31-16(2)20(28)25(4)18-8-6-5-7-9-18/h5-13,16H,14H2,1-4H3,(H,24,30)/t16-,23-/m1/s1. The van der Waals surface area contributed by atoms with Crippen molar-refractivity contribution in [3.05, 3.63) is 65.7 Å². The van der Waals surface area contributed by atoms with Gasteiger partial charge in [-0.25, -0.2) is 4.79 Å². The number of esters is 1. The van der Waals surface area contributed by atoms with E-state index in [-0.39, 0.29) is 0 Å². The fourth-order valence-corrected chi connectivity index (χ4v) is 3.39. The summed E-state index contributed by atoms with van der Waals surface area (Å²) in [6.45, 7) is 4.37. The maximum Gasteiger partial charge on any atom is 0.327 e. The summed E-state index contributed by atoms with van der Waals surface area (Å²) in [4.78, 5) is 52.5. The van der Waals surface area contributed by atoms with Crippen molar-refractivity contribution >= 4 is 29.5 Å². The van der Waals surface area contributed by atoms with Crippen LogP contribution in [0.1, 0.15) is 25.0 Å². The van der Waals surface area contributed by atoms with Gasteiger partial charge in [0, 0.05) is 12.7 Å². The second kappa shape index (κ2) is 8.59. The van der Waals surface area contributed by atoms with Gasteiger partial charge in [-0.3, -0.25) is 19.3 Å². The highest BCUT2D eigenvalue weighted by Crippen LogP contribution is 2.29. The predicted octanol–water partition coefficient (Wildman–Crippen LogP) is 2.36. The van der Waals surface area contributed by atoms with E-state index in [1.807, 2.05) is 25.1 Å². The van der Waals surface area contributed by atoms with Crippen LogP contribution < -0.4 is 10.2 Å². The Kier molecular flexibility index (Phi) is 6.10. The van der Waals surface area contributed by atoms with Crippen molar-refractivity contribution in [3.8, 4) is 0 Å². The smallest absolute Gasteiger partial charge is 0.327 e. The molecule has 8 heteroatoms. The first-order valence-electron chi connectivity index (χ1n) is 9.87. The third-order valence-corrected chi connectivity index (χ3v) is 5.32. The monoisotopic (exact) mass is 423 g/mol. The number of urea groups is 1. The first-order chi connectivity index (χ1) is 14.6. The molecule has 1 heterocycles.